The van der Waals surface area contributed by atoms with Crippen LogP contribution in [0.2, 0.25) is 0 Å². The number of anilines is 1. The second-order valence-corrected chi connectivity index (χ2v) is 10.4. The van der Waals surface area contributed by atoms with Crippen molar-refractivity contribution in [2.75, 3.05) is 32.3 Å². The number of nitrogens with zero attached hydrogens (tertiary/aromatic N) is 1. The van der Waals surface area contributed by atoms with Crippen LogP contribution in [-0.4, -0.2) is 60.0 Å². The molecular formula is C32H34N2O8. The van der Waals surface area contributed by atoms with Crippen LogP contribution < -0.4 is 19.5 Å². The van der Waals surface area contributed by atoms with Gasteiger partial charge in [0, 0.05) is 24.2 Å². The molecule has 1 saturated heterocycles. The Morgan fingerprint density at radius 2 is 1.67 bits per heavy atom. The first kappa shape index (κ1) is 28.9. The summed E-state index contributed by atoms with van der Waals surface area (Å²) in [6.07, 6.45) is 1.50. The van der Waals surface area contributed by atoms with Gasteiger partial charge in [0.05, 0.1) is 25.1 Å². The van der Waals surface area contributed by atoms with Gasteiger partial charge in [-0.1, -0.05) is 44.2 Å². The van der Waals surface area contributed by atoms with Crippen molar-refractivity contribution in [1.82, 2.24) is 4.90 Å². The Morgan fingerprint density at radius 3 is 2.26 bits per heavy atom. The van der Waals surface area contributed by atoms with Gasteiger partial charge in [-0.2, -0.15) is 0 Å². The van der Waals surface area contributed by atoms with E-state index in [1.165, 1.54) is 19.2 Å². The molecule has 3 aromatic rings. The summed E-state index contributed by atoms with van der Waals surface area (Å²) in [7, 11) is 1.51. The molecule has 3 atom stereocenters. The van der Waals surface area contributed by atoms with E-state index >= 15 is 0 Å². The molecule has 2 aliphatic heterocycles. The Kier molecular flexibility index (Phi) is 8.35. The lowest BCUT2D eigenvalue weighted by Gasteiger charge is -2.27. The SMILES string of the molecule is CCc1cccc(CC)c1NC(=O)CN1C[C@H](c2cc(OC)c3c(c2)OCO3)C(C(=O)O)[C@@H]1c1ccc(C(=O)O)cc1. The van der Waals surface area contributed by atoms with Gasteiger partial charge in [0.25, 0.3) is 0 Å². The average molecular weight is 575 g/mol. The number of methoxy groups -OCH3 is 1. The number of carbonyl (C=O) groups excluding carboxylic acids is 1. The van der Waals surface area contributed by atoms with E-state index in [0.29, 0.717) is 28.4 Å². The number of hydrogen-bond acceptors (Lipinski definition) is 7. The Labute approximate surface area is 243 Å². The lowest BCUT2D eigenvalue weighted by atomic mass is 9.82. The maximum atomic E-state index is 13.6. The monoisotopic (exact) mass is 574 g/mol. The molecule has 0 spiro atoms. The molecule has 10 nitrogen and oxygen atoms in total. The minimum Gasteiger partial charge on any atom is -0.493 e. The van der Waals surface area contributed by atoms with Crippen LogP contribution in [-0.2, 0) is 22.4 Å². The number of fused-ring (bicyclic) bond motifs is 1. The third-order valence-electron chi connectivity index (χ3n) is 8.10. The van der Waals surface area contributed by atoms with Crippen molar-refractivity contribution in [2.45, 2.75) is 38.6 Å². The van der Waals surface area contributed by atoms with Crippen molar-refractivity contribution in [2.24, 2.45) is 5.92 Å². The second kappa shape index (κ2) is 12.1. The van der Waals surface area contributed by atoms with Gasteiger partial charge in [-0.25, -0.2) is 4.79 Å². The topological polar surface area (TPSA) is 135 Å². The number of ether oxygens (including phenoxy) is 3. The molecule has 0 radical (unpaired) electrons. The molecule has 1 fully saturated rings. The number of hydrogen-bond donors (Lipinski definition) is 3. The molecule has 10 heteroatoms. The van der Waals surface area contributed by atoms with Gasteiger partial charge in [-0.05, 0) is 59.4 Å². The van der Waals surface area contributed by atoms with Crippen LogP contribution in [0.25, 0.3) is 0 Å². The summed E-state index contributed by atoms with van der Waals surface area (Å²) in [5.74, 6) is -2.48. The molecule has 2 heterocycles. The van der Waals surface area contributed by atoms with E-state index in [9.17, 15) is 24.6 Å². The summed E-state index contributed by atoms with van der Waals surface area (Å²) in [5, 5.41) is 23.1. The number of para-hydroxylation sites is 1. The number of aliphatic carboxylic acids is 1. The lowest BCUT2D eigenvalue weighted by Crippen LogP contribution is -2.35. The molecule has 1 unspecified atom stereocenters. The quantitative estimate of drug-likeness (QED) is 0.314. The van der Waals surface area contributed by atoms with E-state index in [1.54, 1.807) is 24.3 Å². The molecule has 220 valence electrons. The standard InChI is InChI=1S/C32H34N2O8/c1-4-18-7-6-8-19(5-2)28(18)33-26(35)16-34-15-23(22-13-24(40-3)30-25(14-22)41-17-42-30)27(32(38)39)29(34)20-9-11-21(12-10-20)31(36)37/h6-14,23,27,29H,4-5,15-17H2,1-3H3,(H,33,35)(H,36,37)(H,38,39)/t23-,27?,29+/m1/s1. The van der Waals surface area contributed by atoms with E-state index in [-0.39, 0.29) is 31.4 Å². The summed E-state index contributed by atoms with van der Waals surface area (Å²) in [5.41, 5.74) is 4.23. The number of amides is 1. The first-order chi connectivity index (χ1) is 20.2. The highest BCUT2D eigenvalue weighted by atomic mass is 16.7. The Hall–Kier alpha value is -4.57. The van der Waals surface area contributed by atoms with Gasteiger partial charge >= 0.3 is 11.9 Å². The number of aryl methyl sites for hydroxylation is 2. The maximum absolute atomic E-state index is 13.6. The fourth-order valence-electron chi connectivity index (χ4n) is 6.08. The number of carboxylic acids is 2. The van der Waals surface area contributed by atoms with Gasteiger partial charge in [-0.15, -0.1) is 0 Å². The van der Waals surface area contributed by atoms with Crippen molar-refractivity contribution in [3.8, 4) is 17.2 Å². The first-order valence-corrected chi connectivity index (χ1v) is 13.9. The van der Waals surface area contributed by atoms with Crippen molar-refractivity contribution in [3.63, 3.8) is 0 Å². The molecule has 2 aliphatic rings. The Balaban J connectivity index is 1.53. The number of benzene rings is 3. The van der Waals surface area contributed by atoms with E-state index in [0.717, 1.165) is 29.7 Å². The normalized spacial score (nSPS) is 19.5. The van der Waals surface area contributed by atoms with Crippen molar-refractivity contribution >= 4 is 23.5 Å². The Bertz CT molecular complexity index is 1480. The van der Waals surface area contributed by atoms with Crippen LogP contribution in [0.1, 0.15) is 58.4 Å². The van der Waals surface area contributed by atoms with Gasteiger partial charge in [0.15, 0.2) is 11.5 Å². The van der Waals surface area contributed by atoms with Crippen LogP contribution in [0.3, 0.4) is 0 Å². The Morgan fingerprint density at radius 1 is 0.976 bits per heavy atom. The summed E-state index contributed by atoms with van der Waals surface area (Å²) < 4.78 is 16.6. The van der Waals surface area contributed by atoms with Crippen molar-refractivity contribution < 1.29 is 38.8 Å². The van der Waals surface area contributed by atoms with Gasteiger partial charge < -0.3 is 29.7 Å². The van der Waals surface area contributed by atoms with E-state index in [1.807, 2.05) is 36.9 Å². The summed E-state index contributed by atoms with van der Waals surface area (Å²) >= 11 is 0. The van der Waals surface area contributed by atoms with Crippen LogP contribution in [0, 0.1) is 5.92 Å². The highest BCUT2D eigenvalue weighted by molar-refractivity contribution is 5.94. The molecule has 3 aromatic carbocycles. The summed E-state index contributed by atoms with van der Waals surface area (Å²) in [4.78, 5) is 39.8. The predicted molar refractivity (Wildman–Crippen MR) is 155 cm³/mol. The lowest BCUT2D eigenvalue weighted by molar-refractivity contribution is -0.143. The zero-order chi connectivity index (χ0) is 30.0. The fraction of sp³-hybridized carbons (Fsp3) is 0.344. The van der Waals surface area contributed by atoms with Gasteiger partial charge in [0.1, 0.15) is 0 Å². The van der Waals surface area contributed by atoms with Crippen molar-refractivity contribution in [3.05, 3.63) is 82.4 Å². The molecule has 0 bridgehead atoms. The fourth-order valence-corrected chi connectivity index (χ4v) is 6.08. The zero-order valence-electron chi connectivity index (χ0n) is 23.8. The smallest absolute Gasteiger partial charge is 0.335 e. The number of carboxylic acid groups (broad SMARTS) is 2. The molecule has 3 N–H and O–H groups in total. The molecular weight excluding hydrogens is 540 g/mol. The van der Waals surface area contributed by atoms with Crippen LogP contribution >= 0.6 is 0 Å². The zero-order valence-corrected chi connectivity index (χ0v) is 23.8. The van der Waals surface area contributed by atoms with Crippen LogP contribution in [0.5, 0.6) is 17.2 Å². The molecule has 0 aliphatic carbocycles. The molecule has 42 heavy (non-hydrogen) atoms. The minimum atomic E-state index is -1.08. The highest BCUT2D eigenvalue weighted by Crippen LogP contribution is 2.50. The third-order valence-corrected chi connectivity index (χ3v) is 8.10. The largest absolute Gasteiger partial charge is 0.493 e. The minimum absolute atomic E-state index is 0.0337. The van der Waals surface area contributed by atoms with Gasteiger partial charge in [0.2, 0.25) is 18.4 Å². The highest BCUT2D eigenvalue weighted by Gasteiger charge is 2.48. The predicted octanol–water partition coefficient (Wildman–Crippen LogP) is 4.73. The van der Waals surface area contributed by atoms with E-state index in [4.69, 9.17) is 14.2 Å². The van der Waals surface area contributed by atoms with E-state index in [2.05, 4.69) is 5.32 Å². The van der Waals surface area contributed by atoms with Crippen molar-refractivity contribution in [1.29, 1.82) is 0 Å². The first-order valence-electron chi connectivity index (χ1n) is 13.9. The third kappa shape index (κ3) is 5.49. The number of aromatic carboxylic acids is 1. The number of likely N-dealkylation sites (tertiary alicyclic amines) is 1. The average Bonchev–Trinajstić information content (AvgIpc) is 3.61. The molecule has 1 amide bonds. The second-order valence-electron chi connectivity index (χ2n) is 10.4. The maximum Gasteiger partial charge on any atom is 0.335 e. The number of nitrogens with one attached hydrogen (secondary N) is 1. The van der Waals surface area contributed by atoms with Crippen LogP contribution in [0.4, 0.5) is 5.69 Å². The molecule has 0 saturated carbocycles. The summed E-state index contributed by atoms with van der Waals surface area (Å²) in [6.45, 7) is 4.29. The number of carbonyl (C=O) groups is 3. The summed E-state index contributed by atoms with van der Waals surface area (Å²) in [6, 6.07) is 14.9. The molecule has 5 rings (SSSR count). The van der Waals surface area contributed by atoms with Crippen LogP contribution in [0.15, 0.2) is 54.6 Å². The van der Waals surface area contributed by atoms with E-state index < -0.39 is 29.8 Å². The molecule has 0 aromatic heterocycles. The number of rotatable bonds is 10. The van der Waals surface area contributed by atoms with Gasteiger partial charge in [-0.3, -0.25) is 14.5 Å².